The second-order valence-electron chi connectivity index (χ2n) is 15.7. The smallest absolute Gasteiger partial charge is 0.137 e. The number of benzene rings is 4. The predicted octanol–water partition coefficient (Wildman–Crippen LogP) is 13.1. The Kier molecular flexibility index (Phi) is 12.3. The van der Waals surface area contributed by atoms with Crippen molar-refractivity contribution in [1.82, 2.24) is 0 Å². The number of aromatic hydroxyl groups is 2. The van der Waals surface area contributed by atoms with E-state index in [1.807, 2.05) is 53.7 Å². The van der Waals surface area contributed by atoms with Gasteiger partial charge in [0.1, 0.15) is 46.4 Å². The van der Waals surface area contributed by atoms with Crippen LogP contribution in [0, 0.1) is 34.9 Å². The van der Waals surface area contributed by atoms with Crippen LogP contribution in [0.15, 0.2) is 48.5 Å². The van der Waals surface area contributed by atoms with Gasteiger partial charge in [-0.3, -0.25) is 0 Å². The number of thioether (sulfide) groups is 2. The van der Waals surface area contributed by atoms with E-state index in [1.165, 1.54) is 0 Å². The van der Waals surface area contributed by atoms with Crippen molar-refractivity contribution in [3.05, 3.63) is 106 Å². The summed E-state index contributed by atoms with van der Waals surface area (Å²) in [7, 11) is 0. The molecule has 2 atom stereocenters. The molecule has 1 aliphatic carbocycles. The molecule has 0 amide bonds. The van der Waals surface area contributed by atoms with Crippen LogP contribution in [0.4, 0.5) is 26.3 Å². The summed E-state index contributed by atoms with van der Waals surface area (Å²) in [6.07, 6.45) is 5.94. The molecule has 1 fully saturated rings. The molecule has 1 saturated carbocycles. The van der Waals surface area contributed by atoms with Crippen LogP contribution in [-0.2, 0) is 22.3 Å². The monoisotopic (exact) mass is 760 g/mol. The highest BCUT2D eigenvalue weighted by Crippen LogP contribution is 2.45. The molecule has 52 heavy (non-hydrogen) atoms. The van der Waals surface area contributed by atoms with Gasteiger partial charge in [0, 0.05) is 68.5 Å². The number of hydrogen-bond donors (Lipinski definition) is 2. The van der Waals surface area contributed by atoms with Gasteiger partial charge in [-0.15, -0.1) is 0 Å². The summed E-state index contributed by atoms with van der Waals surface area (Å²) in [6, 6.07) is 9.28. The second-order valence-corrected chi connectivity index (χ2v) is 18.2. The van der Waals surface area contributed by atoms with Gasteiger partial charge in [0.25, 0.3) is 0 Å². The quantitative estimate of drug-likeness (QED) is 0.176. The van der Waals surface area contributed by atoms with E-state index in [0.717, 1.165) is 49.7 Å². The summed E-state index contributed by atoms with van der Waals surface area (Å²) in [5.41, 5.74) is 0.713. The molecular weight excluding hydrogens is 715 g/mol. The number of phenolic OH excluding ortho intramolecular Hbond substituents is 2. The molecule has 1 aliphatic rings. The van der Waals surface area contributed by atoms with Crippen LogP contribution >= 0.6 is 23.5 Å². The standard InChI is InChI=1S/C42H46F6O2S2/c1-41(2,3)25-13-23(39(49)29(15-25)37-31(45)17-27(43)18-32(37)46)21-51-35-11-9-7-8-10-12-36(35)52-22-24-14-26(42(4,5)6)16-30(40(24)50)38-33(47)19-28(44)20-34(38)48/h13-20,35-36,49-50H,7-12,21-22H2,1-6H3/t35-,36-/m0/s1. The fourth-order valence-electron chi connectivity index (χ4n) is 6.65. The fourth-order valence-corrected chi connectivity index (χ4v) is 9.71. The number of rotatable bonds is 8. The topological polar surface area (TPSA) is 40.5 Å². The van der Waals surface area contributed by atoms with E-state index in [9.17, 15) is 36.6 Å². The molecule has 0 aliphatic heterocycles. The number of halogens is 6. The second kappa shape index (κ2) is 16.0. The first-order valence-electron chi connectivity index (χ1n) is 17.6. The largest absolute Gasteiger partial charge is 0.507 e. The third-order valence-corrected chi connectivity index (χ3v) is 12.8. The van der Waals surface area contributed by atoms with E-state index >= 15 is 0 Å². The van der Waals surface area contributed by atoms with E-state index < -0.39 is 56.9 Å². The van der Waals surface area contributed by atoms with Gasteiger partial charge in [0.05, 0.1) is 11.1 Å². The van der Waals surface area contributed by atoms with Crippen molar-refractivity contribution in [1.29, 1.82) is 0 Å². The Morgan fingerprint density at radius 1 is 0.519 bits per heavy atom. The molecule has 2 N–H and O–H groups in total. The van der Waals surface area contributed by atoms with Crippen molar-refractivity contribution in [2.75, 3.05) is 0 Å². The van der Waals surface area contributed by atoms with Gasteiger partial charge < -0.3 is 10.2 Å². The Balaban J connectivity index is 1.47. The van der Waals surface area contributed by atoms with Crippen LogP contribution < -0.4 is 0 Å². The molecule has 0 unspecified atom stereocenters. The van der Waals surface area contributed by atoms with Gasteiger partial charge in [-0.2, -0.15) is 23.5 Å². The maximum absolute atomic E-state index is 15.0. The SMILES string of the molecule is CC(C)(C)c1cc(CS[C@H]2CCCCCC[C@@H]2SCc2cc(C(C)(C)C)cc(-c3c(F)cc(F)cc3F)c2O)c(O)c(-c2c(F)cc(F)cc2F)c1. The summed E-state index contributed by atoms with van der Waals surface area (Å²) in [5, 5.41) is 23.1. The minimum Gasteiger partial charge on any atom is -0.507 e. The van der Waals surface area contributed by atoms with E-state index in [4.69, 9.17) is 0 Å². The highest BCUT2D eigenvalue weighted by atomic mass is 32.2. The number of phenols is 2. The Labute approximate surface area is 311 Å². The Hall–Kier alpha value is -3.24. The van der Waals surface area contributed by atoms with Gasteiger partial charge >= 0.3 is 0 Å². The Morgan fingerprint density at radius 2 is 0.846 bits per heavy atom. The molecule has 4 aromatic carbocycles. The molecule has 280 valence electrons. The van der Waals surface area contributed by atoms with Crippen LogP contribution in [0.25, 0.3) is 22.3 Å². The Bertz CT molecular complexity index is 1750. The molecule has 0 heterocycles. The van der Waals surface area contributed by atoms with E-state index in [-0.39, 0.29) is 33.1 Å². The molecule has 0 bridgehead atoms. The molecule has 10 heteroatoms. The molecular formula is C42H46F6O2S2. The summed E-state index contributed by atoms with van der Waals surface area (Å²) >= 11 is 3.31. The van der Waals surface area contributed by atoms with Crippen LogP contribution in [-0.4, -0.2) is 20.7 Å². The van der Waals surface area contributed by atoms with E-state index in [1.54, 1.807) is 35.7 Å². The van der Waals surface area contributed by atoms with Gasteiger partial charge in [-0.05, 0) is 46.9 Å². The highest BCUT2D eigenvalue weighted by Gasteiger charge is 2.29. The van der Waals surface area contributed by atoms with Crippen molar-refractivity contribution in [3.63, 3.8) is 0 Å². The lowest BCUT2D eigenvalue weighted by Gasteiger charge is -2.30. The predicted molar refractivity (Wildman–Crippen MR) is 202 cm³/mol. The lowest BCUT2D eigenvalue weighted by Crippen LogP contribution is -2.22. The molecule has 2 nitrogen and oxygen atoms in total. The van der Waals surface area contributed by atoms with Gasteiger partial charge in [-0.1, -0.05) is 79.4 Å². The van der Waals surface area contributed by atoms with Crippen LogP contribution in [0.2, 0.25) is 0 Å². The average Bonchev–Trinajstić information content (AvgIpc) is 3.01. The maximum Gasteiger partial charge on any atom is 0.137 e. The lowest BCUT2D eigenvalue weighted by molar-refractivity contribution is 0.468. The van der Waals surface area contributed by atoms with Crippen molar-refractivity contribution in [2.45, 2.75) is 113 Å². The summed E-state index contributed by atoms with van der Waals surface area (Å²) < 4.78 is 87.6. The normalized spacial score (nSPS) is 17.2. The maximum atomic E-state index is 15.0. The first-order chi connectivity index (χ1) is 24.3. The molecule has 0 aromatic heterocycles. The first-order valence-corrected chi connectivity index (χ1v) is 19.7. The first kappa shape index (κ1) is 40.0. The zero-order valence-corrected chi connectivity index (χ0v) is 32.0. The third-order valence-electron chi connectivity index (χ3n) is 9.71. The minimum absolute atomic E-state index is 0.0272. The zero-order valence-electron chi connectivity index (χ0n) is 30.4. The zero-order chi connectivity index (χ0) is 38.1. The molecule has 5 rings (SSSR count). The molecule has 0 spiro atoms. The lowest BCUT2D eigenvalue weighted by atomic mass is 9.83. The van der Waals surface area contributed by atoms with Crippen molar-refractivity contribution in [2.24, 2.45) is 0 Å². The summed E-state index contributed by atoms with van der Waals surface area (Å²) in [5.74, 6) is -6.27. The van der Waals surface area contributed by atoms with Crippen LogP contribution in [0.3, 0.4) is 0 Å². The van der Waals surface area contributed by atoms with Crippen molar-refractivity contribution in [3.8, 4) is 33.8 Å². The fraction of sp³-hybridized carbons (Fsp3) is 0.429. The van der Waals surface area contributed by atoms with Crippen LogP contribution in [0.1, 0.15) is 102 Å². The molecule has 0 radical (unpaired) electrons. The molecule has 0 saturated heterocycles. The van der Waals surface area contributed by atoms with Crippen LogP contribution in [0.5, 0.6) is 11.5 Å². The van der Waals surface area contributed by atoms with Crippen molar-refractivity contribution < 1.29 is 36.6 Å². The Morgan fingerprint density at radius 3 is 1.15 bits per heavy atom. The van der Waals surface area contributed by atoms with E-state index in [2.05, 4.69) is 0 Å². The summed E-state index contributed by atoms with van der Waals surface area (Å²) in [6.45, 7) is 11.8. The summed E-state index contributed by atoms with van der Waals surface area (Å²) in [4.78, 5) is 0. The van der Waals surface area contributed by atoms with Gasteiger partial charge in [-0.25, -0.2) is 26.3 Å². The van der Waals surface area contributed by atoms with Crippen molar-refractivity contribution >= 4 is 23.5 Å². The average molecular weight is 761 g/mol. The highest BCUT2D eigenvalue weighted by molar-refractivity contribution is 8.03. The number of hydrogen-bond acceptors (Lipinski definition) is 4. The van der Waals surface area contributed by atoms with Gasteiger partial charge in [0.15, 0.2) is 0 Å². The third kappa shape index (κ3) is 9.09. The minimum atomic E-state index is -1.10. The van der Waals surface area contributed by atoms with Gasteiger partial charge in [0.2, 0.25) is 0 Å². The molecule has 4 aromatic rings. The van der Waals surface area contributed by atoms with E-state index in [0.29, 0.717) is 46.9 Å².